The zero-order valence-corrected chi connectivity index (χ0v) is 10.6. The first kappa shape index (κ1) is 11.4. The Balaban J connectivity index is 0.000000845. The average molecular weight is 284 g/mol. The summed E-state index contributed by atoms with van der Waals surface area (Å²) in [6, 6.07) is 0.571. The van der Waals surface area contributed by atoms with Crippen molar-refractivity contribution < 1.29 is 0 Å². The molecule has 0 bridgehead atoms. The summed E-state index contributed by atoms with van der Waals surface area (Å²) in [7, 11) is 2.17. The van der Waals surface area contributed by atoms with Gasteiger partial charge in [0.1, 0.15) is 9.61 Å². The normalized spacial score (nSPS) is 23.1. The minimum Gasteiger partial charge on any atom is -0.297 e. The maximum atomic E-state index is 4.44. The van der Waals surface area contributed by atoms with E-state index in [-0.39, 0.29) is 12.4 Å². The first-order chi connectivity index (χ1) is 5.77. The van der Waals surface area contributed by atoms with Crippen molar-refractivity contribution in [3.63, 3.8) is 0 Å². The molecule has 1 unspecified atom stereocenters. The van der Waals surface area contributed by atoms with E-state index in [1.165, 1.54) is 24.4 Å². The topological polar surface area (TPSA) is 16.1 Å². The molecule has 1 aromatic heterocycles. The van der Waals surface area contributed by atoms with Gasteiger partial charge >= 0.3 is 0 Å². The lowest BCUT2D eigenvalue weighted by atomic mass is 10.2. The monoisotopic (exact) mass is 282 g/mol. The lowest BCUT2D eigenvalue weighted by molar-refractivity contribution is 0.316. The van der Waals surface area contributed by atoms with Gasteiger partial charge in [0.15, 0.2) is 0 Å². The summed E-state index contributed by atoms with van der Waals surface area (Å²) in [5.74, 6) is 0. The quantitative estimate of drug-likeness (QED) is 0.787. The van der Waals surface area contributed by atoms with E-state index in [2.05, 4.69) is 38.2 Å². The van der Waals surface area contributed by atoms with E-state index in [0.717, 1.165) is 4.60 Å². The van der Waals surface area contributed by atoms with Crippen LogP contribution >= 0.6 is 39.7 Å². The predicted octanol–water partition coefficient (Wildman–Crippen LogP) is 3.09. The molecule has 74 valence electrons. The number of nitrogens with zero attached hydrogens (tertiary/aromatic N) is 2. The highest BCUT2D eigenvalue weighted by Gasteiger charge is 2.24. The van der Waals surface area contributed by atoms with E-state index in [4.69, 9.17) is 0 Å². The van der Waals surface area contributed by atoms with Crippen LogP contribution in [0, 0.1) is 0 Å². The Labute approximate surface area is 96.9 Å². The first-order valence-corrected chi connectivity index (χ1v) is 5.76. The third-order valence-corrected chi connectivity index (χ3v) is 3.95. The molecule has 1 aliphatic rings. The molecule has 1 atom stereocenters. The Morgan fingerprint density at radius 2 is 2.46 bits per heavy atom. The Bertz CT molecular complexity index is 279. The van der Waals surface area contributed by atoms with Gasteiger partial charge in [-0.3, -0.25) is 4.90 Å². The van der Waals surface area contributed by atoms with Crippen LogP contribution in [-0.4, -0.2) is 23.5 Å². The summed E-state index contributed by atoms with van der Waals surface area (Å²) in [5.41, 5.74) is 0. The van der Waals surface area contributed by atoms with Crippen LogP contribution in [0.1, 0.15) is 23.9 Å². The standard InChI is InChI=1S/C8H11BrN2S.ClH/c1-11-4-2-3-6(11)8-10-7(9)5-12-8;/h5-6H,2-4H2,1H3;1H. The van der Waals surface area contributed by atoms with Gasteiger partial charge in [-0.2, -0.15) is 0 Å². The molecule has 2 nitrogen and oxygen atoms in total. The lowest BCUT2D eigenvalue weighted by Crippen LogP contribution is -2.17. The molecule has 1 aromatic rings. The molecule has 0 spiro atoms. The van der Waals surface area contributed by atoms with Gasteiger partial charge in [-0.15, -0.1) is 23.7 Å². The molecule has 13 heavy (non-hydrogen) atoms. The van der Waals surface area contributed by atoms with Crippen LogP contribution in [-0.2, 0) is 0 Å². The summed E-state index contributed by atoms with van der Waals surface area (Å²) >= 11 is 5.13. The van der Waals surface area contributed by atoms with E-state index >= 15 is 0 Å². The van der Waals surface area contributed by atoms with Crippen molar-refractivity contribution in [2.45, 2.75) is 18.9 Å². The number of hydrogen-bond acceptors (Lipinski definition) is 3. The predicted molar refractivity (Wildman–Crippen MR) is 61.7 cm³/mol. The lowest BCUT2D eigenvalue weighted by Gasteiger charge is -2.15. The Morgan fingerprint density at radius 1 is 1.69 bits per heavy atom. The summed E-state index contributed by atoms with van der Waals surface area (Å²) in [6.45, 7) is 1.21. The number of thiazole rings is 1. The van der Waals surface area contributed by atoms with Crippen LogP contribution in [0.15, 0.2) is 9.98 Å². The molecular weight excluding hydrogens is 272 g/mol. The highest BCUT2D eigenvalue weighted by atomic mass is 79.9. The second-order valence-electron chi connectivity index (χ2n) is 3.15. The van der Waals surface area contributed by atoms with Crippen molar-refractivity contribution in [3.05, 3.63) is 15.0 Å². The maximum Gasteiger partial charge on any atom is 0.117 e. The fraction of sp³-hybridized carbons (Fsp3) is 0.625. The third-order valence-electron chi connectivity index (χ3n) is 2.30. The number of rotatable bonds is 1. The molecule has 0 saturated carbocycles. The molecule has 0 aromatic carbocycles. The average Bonchev–Trinajstić information content (AvgIpc) is 2.58. The second-order valence-corrected chi connectivity index (χ2v) is 4.85. The van der Waals surface area contributed by atoms with Crippen LogP contribution in [0.4, 0.5) is 0 Å². The van der Waals surface area contributed by atoms with Gasteiger partial charge < -0.3 is 0 Å². The molecule has 1 aliphatic heterocycles. The molecule has 0 amide bonds. The molecule has 2 heterocycles. The SMILES string of the molecule is CN1CCCC1c1nc(Br)cs1.Cl. The number of aromatic nitrogens is 1. The minimum atomic E-state index is 0. The molecular formula is C8H12BrClN2S. The highest BCUT2D eigenvalue weighted by Crippen LogP contribution is 2.32. The Kier molecular flexibility index (Phi) is 4.16. The second kappa shape index (κ2) is 4.73. The Hall–Kier alpha value is 0.360. The van der Waals surface area contributed by atoms with E-state index in [0.29, 0.717) is 6.04 Å². The van der Waals surface area contributed by atoms with E-state index < -0.39 is 0 Å². The van der Waals surface area contributed by atoms with Crippen molar-refractivity contribution in [1.29, 1.82) is 0 Å². The summed E-state index contributed by atoms with van der Waals surface area (Å²) < 4.78 is 0.975. The smallest absolute Gasteiger partial charge is 0.117 e. The molecule has 1 fully saturated rings. The van der Waals surface area contributed by atoms with Crippen molar-refractivity contribution >= 4 is 39.7 Å². The fourth-order valence-electron chi connectivity index (χ4n) is 1.64. The zero-order valence-electron chi connectivity index (χ0n) is 7.36. The number of halogens is 2. The van der Waals surface area contributed by atoms with Gasteiger partial charge in [-0.05, 0) is 42.4 Å². The van der Waals surface area contributed by atoms with Gasteiger partial charge in [0, 0.05) is 5.38 Å². The molecule has 5 heteroatoms. The van der Waals surface area contributed by atoms with Crippen molar-refractivity contribution in [2.75, 3.05) is 13.6 Å². The fourth-order valence-corrected chi connectivity index (χ4v) is 3.11. The molecule has 2 rings (SSSR count). The molecule has 0 radical (unpaired) electrons. The van der Waals surface area contributed by atoms with Gasteiger partial charge in [-0.25, -0.2) is 4.98 Å². The molecule has 0 aliphatic carbocycles. The Morgan fingerprint density at radius 3 is 2.92 bits per heavy atom. The van der Waals surface area contributed by atoms with E-state index in [9.17, 15) is 0 Å². The van der Waals surface area contributed by atoms with Crippen LogP contribution in [0.2, 0.25) is 0 Å². The highest BCUT2D eigenvalue weighted by molar-refractivity contribution is 9.10. The van der Waals surface area contributed by atoms with Gasteiger partial charge in [0.2, 0.25) is 0 Å². The zero-order chi connectivity index (χ0) is 8.55. The van der Waals surface area contributed by atoms with Gasteiger partial charge in [0.25, 0.3) is 0 Å². The van der Waals surface area contributed by atoms with Crippen molar-refractivity contribution in [1.82, 2.24) is 9.88 Å². The van der Waals surface area contributed by atoms with Crippen LogP contribution in [0.3, 0.4) is 0 Å². The van der Waals surface area contributed by atoms with Crippen LogP contribution in [0.25, 0.3) is 0 Å². The summed E-state index contributed by atoms with van der Waals surface area (Å²) in [5, 5.41) is 3.31. The number of hydrogen-bond donors (Lipinski definition) is 0. The largest absolute Gasteiger partial charge is 0.297 e. The van der Waals surface area contributed by atoms with E-state index in [1.807, 2.05) is 0 Å². The number of likely N-dealkylation sites (tertiary alicyclic amines) is 1. The van der Waals surface area contributed by atoms with Crippen LogP contribution in [0.5, 0.6) is 0 Å². The van der Waals surface area contributed by atoms with Gasteiger partial charge in [-0.1, -0.05) is 0 Å². The van der Waals surface area contributed by atoms with E-state index in [1.54, 1.807) is 11.3 Å². The van der Waals surface area contributed by atoms with Gasteiger partial charge in [0.05, 0.1) is 6.04 Å². The minimum absolute atomic E-state index is 0. The summed E-state index contributed by atoms with van der Waals surface area (Å²) in [4.78, 5) is 6.82. The third kappa shape index (κ3) is 2.43. The van der Waals surface area contributed by atoms with Crippen molar-refractivity contribution in [3.8, 4) is 0 Å². The molecule has 0 N–H and O–H groups in total. The van der Waals surface area contributed by atoms with Crippen LogP contribution < -0.4 is 0 Å². The summed E-state index contributed by atoms with van der Waals surface area (Å²) in [6.07, 6.45) is 2.56. The maximum absolute atomic E-state index is 4.44. The molecule has 1 saturated heterocycles. The first-order valence-electron chi connectivity index (χ1n) is 4.08. The van der Waals surface area contributed by atoms with Crippen molar-refractivity contribution in [2.24, 2.45) is 0 Å².